The molecular formula is C14H8BrNO2S2. The molecule has 0 bridgehead atoms. The van der Waals surface area contributed by atoms with E-state index in [1.54, 1.807) is 0 Å². The number of rotatable bonds is 3. The fraction of sp³-hybridized carbons (Fsp3) is 0. The standard InChI is InChI=1S/C14H8BrNO2S2/c15-9-6-10(19-7-9)13-16-11(12(20-13)14(17)18)8-4-2-1-3-5-8/h1-7H,(H,17,18). The molecule has 0 radical (unpaired) electrons. The number of carbonyl (C=O) groups is 1. The predicted octanol–water partition coefficient (Wildman–Crippen LogP) is 5.00. The number of thiazole rings is 1. The van der Waals surface area contributed by atoms with Gasteiger partial charge in [-0.1, -0.05) is 30.3 Å². The second kappa shape index (κ2) is 5.47. The molecule has 0 unspecified atom stereocenters. The minimum atomic E-state index is -0.941. The van der Waals surface area contributed by atoms with Gasteiger partial charge in [0.2, 0.25) is 0 Å². The van der Waals surface area contributed by atoms with Gasteiger partial charge in [-0.15, -0.1) is 22.7 Å². The van der Waals surface area contributed by atoms with E-state index < -0.39 is 5.97 Å². The summed E-state index contributed by atoms with van der Waals surface area (Å²) in [5.74, 6) is -0.941. The number of hydrogen-bond donors (Lipinski definition) is 1. The topological polar surface area (TPSA) is 50.2 Å². The summed E-state index contributed by atoms with van der Waals surface area (Å²) in [5.41, 5.74) is 1.35. The van der Waals surface area contributed by atoms with Gasteiger partial charge in [-0.2, -0.15) is 0 Å². The van der Waals surface area contributed by atoms with Crippen LogP contribution >= 0.6 is 38.6 Å². The van der Waals surface area contributed by atoms with E-state index in [2.05, 4.69) is 20.9 Å². The van der Waals surface area contributed by atoms with Crippen LogP contribution in [0.15, 0.2) is 46.3 Å². The summed E-state index contributed by atoms with van der Waals surface area (Å²) < 4.78 is 0.978. The van der Waals surface area contributed by atoms with Gasteiger partial charge in [0, 0.05) is 15.4 Å². The Kier molecular flexibility index (Phi) is 3.69. The maximum atomic E-state index is 11.4. The number of carboxylic acid groups (broad SMARTS) is 1. The Balaban J connectivity index is 2.15. The molecule has 3 nitrogen and oxygen atoms in total. The highest BCUT2D eigenvalue weighted by molar-refractivity contribution is 9.10. The molecule has 0 aliphatic heterocycles. The van der Waals surface area contributed by atoms with Crippen molar-refractivity contribution in [1.29, 1.82) is 0 Å². The Hall–Kier alpha value is -1.50. The van der Waals surface area contributed by atoms with Crippen molar-refractivity contribution in [3.8, 4) is 21.1 Å². The van der Waals surface area contributed by atoms with Crippen molar-refractivity contribution in [2.24, 2.45) is 0 Å². The zero-order chi connectivity index (χ0) is 14.1. The van der Waals surface area contributed by atoms with Crippen molar-refractivity contribution in [1.82, 2.24) is 4.98 Å². The normalized spacial score (nSPS) is 10.7. The van der Waals surface area contributed by atoms with Crippen molar-refractivity contribution >= 4 is 44.6 Å². The minimum absolute atomic E-state index is 0.274. The molecule has 2 heterocycles. The zero-order valence-corrected chi connectivity index (χ0v) is 13.3. The Morgan fingerprint density at radius 2 is 2.00 bits per heavy atom. The largest absolute Gasteiger partial charge is 0.477 e. The van der Waals surface area contributed by atoms with E-state index >= 15 is 0 Å². The molecule has 1 N–H and O–H groups in total. The van der Waals surface area contributed by atoms with Crippen molar-refractivity contribution in [3.63, 3.8) is 0 Å². The van der Waals surface area contributed by atoms with E-state index in [0.29, 0.717) is 5.69 Å². The third-order valence-corrected chi connectivity index (χ3v) is 5.55. The monoisotopic (exact) mass is 365 g/mol. The molecule has 0 saturated carbocycles. The lowest BCUT2D eigenvalue weighted by atomic mass is 10.1. The zero-order valence-electron chi connectivity index (χ0n) is 10.0. The first-order valence-corrected chi connectivity index (χ1v) is 8.18. The summed E-state index contributed by atoms with van der Waals surface area (Å²) in [4.78, 5) is 17.2. The molecule has 0 aliphatic carbocycles. The number of nitrogens with zero attached hydrogens (tertiary/aromatic N) is 1. The summed E-state index contributed by atoms with van der Waals surface area (Å²) in [6.07, 6.45) is 0. The molecule has 0 aliphatic rings. The van der Waals surface area contributed by atoms with Crippen molar-refractivity contribution < 1.29 is 9.90 Å². The molecule has 6 heteroatoms. The van der Waals surface area contributed by atoms with E-state index in [-0.39, 0.29) is 4.88 Å². The van der Waals surface area contributed by atoms with E-state index in [0.717, 1.165) is 19.9 Å². The summed E-state index contributed by atoms with van der Waals surface area (Å²) in [7, 11) is 0. The van der Waals surface area contributed by atoms with Gasteiger partial charge in [0.15, 0.2) is 0 Å². The van der Waals surface area contributed by atoms with Crippen LogP contribution in [0.1, 0.15) is 9.67 Å². The molecule has 0 atom stereocenters. The van der Waals surface area contributed by atoms with Gasteiger partial charge in [-0.05, 0) is 22.0 Å². The Morgan fingerprint density at radius 3 is 2.60 bits per heavy atom. The lowest BCUT2D eigenvalue weighted by molar-refractivity contribution is 0.0702. The molecule has 3 aromatic rings. The first-order chi connectivity index (χ1) is 9.65. The summed E-state index contributed by atoms with van der Waals surface area (Å²) in [6.45, 7) is 0. The Morgan fingerprint density at radius 1 is 1.25 bits per heavy atom. The van der Waals surface area contributed by atoms with Crippen LogP contribution in [0.5, 0.6) is 0 Å². The molecule has 100 valence electrons. The molecule has 0 fully saturated rings. The van der Waals surface area contributed by atoms with Crippen molar-refractivity contribution in [3.05, 3.63) is 51.1 Å². The molecule has 0 saturated heterocycles. The Labute approximate surface area is 131 Å². The second-order valence-corrected chi connectivity index (χ2v) is 6.82. The number of benzene rings is 1. The van der Waals surface area contributed by atoms with Crippen LogP contribution in [0.3, 0.4) is 0 Å². The van der Waals surface area contributed by atoms with Crippen LogP contribution in [0.25, 0.3) is 21.1 Å². The maximum Gasteiger partial charge on any atom is 0.348 e. The van der Waals surface area contributed by atoms with Crippen LogP contribution in [0.4, 0.5) is 0 Å². The van der Waals surface area contributed by atoms with Crippen LogP contribution in [-0.4, -0.2) is 16.1 Å². The fourth-order valence-electron chi connectivity index (χ4n) is 1.79. The molecule has 1 aromatic carbocycles. The summed E-state index contributed by atoms with van der Waals surface area (Å²) in [5, 5.41) is 12.0. The number of thiophene rings is 1. The lowest BCUT2D eigenvalue weighted by Gasteiger charge is -1.97. The smallest absolute Gasteiger partial charge is 0.348 e. The quantitative estimate of drug-likeness (QED) is 0.710. The number of aromatic carboxylic acids is 1. The summed E-state index contributed by atoms with van der Waals surface area (Å²) >= 11 is 6.15. The van der Waals surface area contributed by atoms with Gasteiger partial charge in [0.1, 0.15) is 9.88 Å². The van der Waals surface area contributed by atoms with Crippen LogP contribution < -0.4 is 0 Å². The highest BCUT2D eigenvalue weighted by Gasteiger charge is 2.20. The predicted molar refractivity (Wildman–Crippen MR) is 85.5 cm³/mol. The molecule has 20 heavy (non-hydrogen) atoms. The van der Waals surface area contributed by atoms with Crippen molar-refractivity contribution in [2.45, 2.75) is 0 Å². The fourth-order valence-corrected chi connectivity index (χ4v) is 4.20. The number of hydrogen-bond acceptors (Lipinski definition) is 4. The van der Waals surface area contributed by atoms with Gasteiger partial charge in [0.25, 0.3) is 0 Å². The highest BCUT2D eigenvalue weighted by atomic mass is 79.9. The average molecular weight is 366 g/mol. The molecule has 0 spiro atoms. The number of halogens is 1. The maximum absolute atomic E-state index is 11.4. The first-order valence-electron chi connectivity index (χ1n) is 5.69. The molecule has 3 rings (SSSR count). The van der Waals surface area contributed by atoms with E-state index in [1.807, 2.05) is 41.8 Å². The molecule has 2 aromatic heterocycles. The number of aromatic nitrogens is 1. The van der Waals surface area contributed by atoms with E-state index in [1.165, 1.54) is 22.7 Å². The third-order valence-electron chi connectivity index (χ3n) is 2.65. The van der Waals surface area contributed by atoms with Crippen LogP contribution in [0.2, 0.25) is 0 Å². The van der Waals surface area contributed by atoms with Gasteiger partial charge in [-0.3, -0.25) is 0 Å². The third kappa shape index (κ3) is 2.54. The Bertz CT molecular complexity index is 765. The minimum Gasteiger partial charge on any atom is -0.477 e. The average Bonchev–Trinajstić information content (AvgIpc) is 3.05. The van der Waals surface area contributed by atoms with Gasteiger partial charge >= 0.3 is 5.97 Å². The first kappa shape index (κ1) is 13.5. The SMILES string of the molecule is O=C(O)c1sc(-c2cc(Br)cs2)nc1-c1ccccc1. The van der Waals surface area contributed by atoms with Crippen LogP contribution in [0, 0.1) is 0 Å². The highest BCUT2D eigenvalue weighted by Crippen LogP contribution is 2.37. The van der Waals surface area contributed by atoms with E-state index in [4.69, 9.17) is 0 Å². The van der Waals surface area contributed by atoms with Gasteiger partial charge in [-0.25, -0.2) is 9.78 Å². The molecule has 0 amide bonds. The van der Waals surface area contributed by atoms with Crippen molar-refractivity contribution in [2.75, 3.05) is 0 Å². The van der Waals surface area contributed by atoms with Crippen LogP contribution in [-0.2, 0) is 0 Å². The molecular weight excluding hydrogens is 358 g/mol. The number of carboxylic acids is 1. The van der Waals surface area contributed by atoms with Gasteiger partial charge < -0.3 is 5.11 Å². The lowest BCUT2D eigenvalue weighted by Crippen LogP contribution is -1.95. The summed E-state index contributed by atoms with van der Waals surface area (Å²) in [6, 6.07) is 11.3. The van der Waals surface area contributed by atoms with E-state index in [9.17, 15) is 9.90 Å². The van der Waals surface area contributed by atoms with Gasteiger partial charge in [0.05, 0.1) is 10.6 Å². The second-order valence-electron chi connectivity index (χ2n) is 4.00.